The second-order valence-electron chi connectivity index (χ2n) is 3.42. The van der Waals surface area contributed by atoms with Gasteiger partial charge in [-0.1, -0.05) is 0 Å². The number of carbonyl (C=O) groups is 1. The molecule has 0 saturated heterocycles. The Morgan fingerprint density at radius 3 is 1.83 bits per heavy atom. The second kappa shape index (κ2) is 6.47. The van der Waals surface area contributed by atoms with Gasteiger partial charge in [0.15, 0.2) is 0 Å². The number of hydrogen-bond donors (Lipinski definition) is 1. The Morgan fingerprint density at radius 2 is 1.56 bits per heavy atom. The summed E-state index contributed by atoms with van der Waals surface area (Å²) < 4.78 is 27.5. The molecule has 0 aromatic carbocycles. The van der Waals surface area contributed by atoms with Gasteiger partial charge < -0.3 is 4.74 Å². The van der Waals surface area contributed by atoms with Gasteiger partial charge >= 0.3 is 20.3 Å². The molecule has 0 rings (SSSR count). The minimum atomic E-state index is -3.97. The second-order valence-corrected chi connectivity index (χ2v) is 7.53. The van der Waals surface area contributed by atoms with Crippen molar-refractivity contribution in [3.63, 3.8) is 0 Å². The number of hydrogen-bond acceptors (Lipinski definition) is 4. The Morgan fingerprint density at radius 1 is 1.17 bits per heavy atom. The lowest BCUT2D eigenvalue weighted by atomic mass is 10.5. The van der Waals surface area contributed by atoms with Crippen LogP contribution in [-0.4, -0.2) is 42.0 Å². The fraction of sp³-hybridized carbons (Fsp3) is 0.875. The van der Waals surface area contributed by atoms with E-state index in [1.165, 1.54) is 0 Å². The van der Waals surface area contributed by atoms with E-state index in [4.69, 9.17) is 34.8 Å². The molecule has 0 unspecified atom stereocenters. The largest absolute Gasteiger partial charge is 0.428 e. The van der Waals surface area contributed by atoms with Crippen LogP contribution in [0.15, 0.2) is 0 Å². The Kier molecular flexibility index (Phi) is 6.49. The molecule has 18 heavy (non-hydrogen) atoms. The van der Waals surface area contributed by atoms with Crippen LogP contribution in [0.5, 0.6) is 0 Å². The van der Waals surface area contributed by atoms with Crippen LogP contribution in [0.3, 0.4) is 0 Å². The number of ether oxygens (including phenoxy) is 1. The minimum absolute atomic E-state index is 0.295. The highest BCUT2D eigenvalue weighted by atomic mass is 35.6. The summed E-state index contributed by atoms with van der Waals surface area (Å²) >= 11 is 15.7. The van der Waals surface area contributed by atoms with Crippen LogP contribution in [0, 0.1) is 0 Å². The van der Waals surface area contributed by atoms with Gasteiger partial charge in [-0.3, -0.25) is 0 Å². The first-order valence-electron chi connectivity index (χ1n) is 5.22. The summed E-state index contributed by atoms with van der Waals surface area (Å²) in [6.07, 6.45) is -1.33. The van der Waals surface area contributed by atoms with Crippen molar-refractivity contribution in [2.75, 3.05) is 19.6 Å². The first-order valence-corrected chi connectivity index (χ1v) is 7.79. The zero-order valence-electron chi connectivity index (χ0n) is 10.2. The maximum Gasteiger partial charge on any atom is 0.428 e. The van der Waals surface area contributed by atoms with Crippen molar-refractivity contribution < 1.29 is 21.8 Å². The average Bonchev–Trinajstić information content (AvgIpc) is 2.16. The predicted molar refractivity (Wildman–Crippen MR) is 70.7 cm³/mol. The maximum absolute atomic E-state index is 12.1. The molecule has 0 radical (unpaired) electrons. The molecule has 10 heteroatoms. The van der Waals surface area contributed by atoms with E-state index < -0.39 is 20.3 Å². The number of alkyl halides is 3. The van der Waals surface area contributed by atoms with Gasteiger partial charge in [0.05, 0.1) is 19.6 Å². The number of nitrogens with zero attached hydrogens (tertiary/aromatic N) is 1. The topological polar surface area (TPSA) is 72.5 Å². The predicted octanol–water partition coefficient (Wildman–Crippen LogP) is 2.16. The van der Waals surface area contributed by atoms with Crippen molar-refractivity contribution in [1.29, 1.82) is 0 Å². The van der Waals surface area contributed by atoms with E-state index in [1.807, 2.05) is 0 Å². The molecule has 6 nitrogen and oxygen atoms in total. The van der Waals surface area contributed by atoms with Gasteiger partial charge in [0, 0.05) is 0 Å². The highest BCUT2D eigenvalue weighted by molar-refractivity contribution is 7.84. The third-order valence-corrected chi connectivity index (χ3v) is 5.11. The van der Waals surface area contributed by atoms with E-state index >= 15 is 0 Å². The van der Waals surface area contributed by atoms with Crippen molar-refractivity contribution in [1.82, 2.24) is 4.72 Å². The molecule has 0 bridgehead atoms. The molecule has 0 atom stereocenters. The molecule has 1 amide bonds. The minimum Gasteiger partial charge on any atom is -0.397 e. The smallest absolute Gasteiger partial charge is 0.397 e. The van der Waals surface area contributed by atoms with Gasteiger partial charge in [0.2, 0.25) is 0 Å². The molecular formula is C8H16Cl3N2O4S+. The summed E-state index contributed by atoms with van der Waals surface area (Å²) in [5, 5.41) is 0. The molecule has 0 aromatic rings. The zero-order chi connectivity index (χ0) is 14.6. The van der Waals surface area contributed by atoms with Gasteiger partial charge in [-0.05, 0) is 55.6 Å². The van der Waals surface area contributed by atoms with Gasteiger partial charge in [-0.2, -0.15) is 13.1 Å². The van der Waals surface area contributed by atoms with Gasteiger partial charge in [0.25, 0.3) is 0 Å². The Hall–Kier alpha value is 0.0500. The van der Waals surface area contributed by atoms with E-state index in [9.17, 15) is 13.2 Å². The summed E-state index contributed by atoms with van der Waals surface area (Å²) in [4.78, 5) is 11.3. The van der Waals surface area contributed by atoms with E-state index in [-0.39, 0.29) is 3.89 Å². The Labute approximate surface area is 122 Å². The molecule has 0 fully saturated rings. The molecule has 0 heterocycles. The number of carbonyl (C=O) groups excluding carboxylic acids is 1. The lowest BCUT2D eigenvalue weighted by Crippen LogP contribution is -2.58. The zero-order valence-corrected chi connectivity index (χ0v) is 13.3. The maximum atomic E-state index is 12.1. The van der Waals surface area contributed by atoms with E-state index in [2.05, 4.69) is 4.74 Å². The van der Waals surface area contributed by atoms with Crippen LogP contribution in [-0.2, 0) is 14.9 Å². The molecule has 108 valence electrons. The molecule has 0 saturated carbocycles. The lowest BCUT2D eigenvalue weighted by molar-refractivity contribution is -0.801. The van der Waals surface area contributed by atoms with Crippen molar-refractivity contribution in [3.05, 3.63) is 0 Å². The van der Waals surface area contributed by atoms with Crippen molar-refractivity contribution >= 4 is 51.1 Å². The number of rotatable bonds is 5. The highest BCUT2D eigenvalue weighted by Gasteiger charge is 2.40. The molecule has 0 spiro atoms. The SMILES string of the molecule is CC[N+](CC)(CC)S(=O)(=O)NC(=O)OC(Cl)(Cl)Cl. The van der Waals surface area contributed by atoms with Crippen LogP contribution in [0.4, 0.5) is 4.79 Å². The highest BCUT2D eigenvalue weighted by Crippen LogP contribution is 2.27. The van der Waals surface area contributed by atoms with Crippen LogP contribution in [0.25, 0.3) is 0 Å². The standard InChI is InChI=1S/C8H15Cl3N2O4S/c1-4-13(5-2,6-3)18(15,16)12-7(14)17-8(9,10)11/h4-6H2,1-3H3/p+1. The first kappa shape index (κ1) is 18.0. The number of quaternary nitrogens is 1. The van der Waals surface area contributed by atoms with Crippen LogP contribution < -0.4 is 4.72 Å². The monoisotopic (exact) mass is 341 g/mol. The third-order valence-electron chi connectivity index (χ3n) is 2.66. The molecule has 0 aliphatic rings. The Bertz CT molecular complexity index is 381. The van der Waals surface area contributed by atoms with Gasteiger partial charge in [-0.15, -0.1) is 0 Å². The molecule has 0 aliphatic carbocycles. The summed E-state index contributed by atoms with van der Waals surface area (Å²) in [5.74, 6) is 0. The van der Waals surface area contributed by atoms with E-state index in [0.29, 0.717) is 19.6 Å². The summed E-state index contributed by atoms with van der Waals surface area (Å²) in [6.45, 7) is 5.99. The van der Waals surface area contributed by atoms with Crippen LogP contribution in [0.2, 0.25) is 0 Å². The summed E-state index contributed by atoms with van der Waals surface area (Å²) in [5.41, 5.74) is 0. The molecule has 0 aliphatic heterocycles. The number of amides is 1. The summed E-state index contributed by atoms with van der Waals surface area (Å²) in [7, 11) is -3.97. The van der Waals surface area contributed by atoms with Crippen LogP contribution >= 0.6 is 34.8 Å². The molecular weight excluding hydrogens is 327 g/mol. The average molecular weight is 343 g/mol. The number of nitrogens with one attached hydrogen (secondary N) is 1. The normalized spacial score (nSPS) is 13.2. The number of halogens is 3. The molecule has 0 aromatic heterocycles. The molecule has 1 N–H and O–H groups in total. The van der Waals surface area contributed by atoms with Gasteiger partial charge in [-0.25, -0.2) is 8.68 Å². The van der Waals surface area contributed by atoms with Gasteiger partial charge in [0.1, 0.15) is 0 Å². The first-order chi connectivity index (χ1) is 8.03. The van der Waals surface area contributed by atoms with E-state index in [0.717, 1.165) is 0 Å². The van der Waals surface area contributed by atoms with Crippen LogP contribution in [0.1, 0.15) is 20.8 Å². The van der Waals surface area contributed by atoms with Crippen molar-refractivity contribution in [2.24, 2.45) is 0 Å². The van der Waals surface area contributed by atoms with E-state index in [1.54, 1.807) is 25.5 Å². The fourth-order valence-electron chi connectivity index (χ4n) is 1.51. The third kappa shape index (κ3) is 4.62. The van der Waals surface area contributed by atoms with Crippen molar-refractivity contribution in [3.8, 4) is 0 Å². The fourth-order valence-corrected chi connectivity index (χ4v) is 3.18. The summed E-state index contributed by atoms with van der Waals surface area (Å²) in [6, 6.07) is 0. The lowest BCUT2D eigenvalue weighted by Gasteiger charge is -2.33. The Balaban J connectivity index is 5.01. The quantitative estimate of drug-likeness (QED) is 0.614. The van der Waals surface area contributed by atoms with Crippen molar-refractivity contribution in [2.45, 2.75) is 24.7 Å².